The van der Waals surface area contributed by atoms with Crippen molar-refractivity contribution in [1.82, 2.24) is 0 Å². The monoisotopic (exact) mass is 378 g/mol. The highest BCUT2D eigenvalue weighted by Gasteiger charge is 2.09. The van der Waals surface area contributed by atoms with Gasteiger partial charge in [0.25, 0.3) is 0 Å². The number of hydrogen-bond donors (Lipinski definition) is 0. The molecule has 0 spiro atoms. The highest BCUT2D eigenvalue weighted by Crippen LogP contribution is 2.28. The van der Waals surface area contributed by atoms with Gasteiger partial charge in [-0.15, -0.1) is 11.3 Å². The van der Waals surface area contributed by atoms with Crippen LogP contribution in [0.3, 0.4) is 0 Å². The summed E-state index contributed by atoms with van der Waals surface area (Å²) in [5.74, 6) is 1.63. The van der Waals surface area contributed by atoms with E-state index in [9.17, 15) is 0 Å². The van der Waals surface area contributed by atoms with Gasteiger partial charge in [-0.3, -0.25) is 0 Å². The summed E-state index contributed by atoms with van der Waals surface area (Å²) in [5, 5.41) is 2.22. The summed E-state index contributed by atoms with van der Waals surface area (Å²) >= 11 is 1.80. The molecule has 0 unspecified atom stereocenters. The van der Waals surface area contributed by atoms with Crippen molar-refractivity contribution in [3.8, 4) is 16.9 Å². The second-order valence-electron chi connectivity index (χ2n) is 7.27. The molecule has 2 aromatic carbocycles. The van der Waals surface area contributed by atoms with Crippen LogP contribution in [0.25, 0.3) is 11.1 Å². The summed E-state index contributed by atoms with van der Waals surface area (Å²) in [6, 6.07) is 19.7. The SMILES string of the molecule is CCCC(CCC)c1ccc(OCc2ccc(-c3csc(C)c3)cc2)cc1. The van der Waals surface area contributed by atoms with E-state index in [4.69, 9.17) is 4.74 Å². The summed E-state index contributed by atoms with van der Waals surface area (Å²) in [4.78, 5) is 1.35. The highest BCUT2D eigenvalue weighted by molar-refractivity contribution is 7.10. The second kappa shape index (κ2) is 9.75. The maximum atomic E-state index is 6.00. The van der Waals surface area contributed by atoms with E-state index in [2.05, 4.69) is 80.7 Å². The summed E-state index contributed by atoms with van der Waals surface area (Å²) in [7, 11) is 0. The minimum absolute atomic E-state index is 0.607. The molecule has 0 aliphatic carbocycles. The van der Waals surface area contributed by atoms with Gasteiger partial charge in [-0.25, -0.2) is 0 Å². The average molecular weight is 379 g/mol. The minimum atomic E-state index is 0.607. The molecule has 1 aromatic heterocycles. The number of ether oxygens (including phenoxy) is 1. The van der Waals surface area contributed by atoms with E-state index >= 15 is 0 Å². The van der Waals surface area contributed by atoms with E-state index in [1.807, 2.05) is 0 Å². The van der Waals surface area contributed by atoms with Crippen LogP contribution in [-0.4, -0.2) is 0 Å². The molecule has 0 saturated heterocycles. The number of benzene rings is 2. The van der Waals surface area contributed by atoms with Gasteiger partial charge in [-0.2, -0.15) is 0 Å². The van der Waals surface area contributed by atoms with Crippen LogP contribution in [-0.2, 0) is 6.61 Å². The molecule has 0 fully saturated rings. The van der Waals surface area contributed by atoms with Crippen LogP contribution in [0.2, 0.25) is 0 Å². The van der Waals surface area contributed by atoms with E-state index in [0.29, 0.717) is 12.5 Å². The van der Waals surface area contributed by atoms with Crippen LogP contribution in [0.4, 0.5) is 0 Å². The first-order valence-corrected chi connectivity index (χ1v) is 10.9. The maximum absolute atomic E-state index is 6.00. The Morgan fingerprint density at radius 1 is 0.852 bits per heavy atom. The molecule has 0 saturated carbocycles. The van der Waals surface area contributed by atoms with Crippen molar-refractivity contribution in [3.05, 3.63) is 76.0 Å². The Morgan fingerprint density at radius 3 is 2.07 bits per heavy atom. The van der Waals surface area contributed by atoms with Crippen LogP contribution in [0.5, 0.6) is 5.75 Å². The van der Waals surface area contributed by atoms with E-state index in [1.165, 1.54) is 52.8 Å². The molecule has 27 heavy (non-hydrogen) atoms. The normalized spacial score (nSPS) is 11.1. The van der Waals surface area contributed by atoms with Gasteiger partial charge in [0, 0.05) is 4.88 Å². The van der Waals surface area contributed by atoms with Crippen LogP contribution < -0.4 is 4.74 Å². The van der Waals surface area contributed by atoms with Crippen molar-refractivity contribution in [3.63, 3.8) is 0 Å². The molecule has 0 aliphatic heterocycles. The summed E-state index contributed by atoms with van der Waals surface area (Å²) in [6.07, 6.45) is 5.02. The topological polar surface area (TPSA) is 9.23 Å². The first-order chi connectivity index (χ1) is 13.2. The lowest BCUT2D eigenvalue weighted by atomic mass is 9.90. The molecule has 3 aromatic rings. The first kappa shape index (κ1) is 19.7. The van der Waals surface area contributed by atoms with Crippen LogP contribution in [0.15, 0.2) is 60.0 Å². The van der Waals surface area contributed by atoms with Crippen molar-refractivity contribution in [2.24, 2.45) is 0 Å². The molecule has 0 N–H and O–H groups in total. The molecule has 0 atom stereocenters. The quantitative estimate of drug-likeness (QED) is 0.366. The van der Waals surface area contributed by atoms with E-state index in [1.54, 1.807) is 11.3 Å². The molecule has 0 radical (unpaired) electrons. The van der Waals surface area contributed by atoms with Gasteiger partial charge in [-0.1, -0.05) is 63.1 Å². The van der Waals surface area contributed by atoms with Gasteiger partial charge in [0.2, 0.25) is 0 Å². The Hall–Kier alpha value is -2.06. The van der Waals surface area contributed by atoms with Crippen LogP contribution in [0, 0.1) is 6.92 Å². The average Bonchev–Trinajstić information content (AvgIpc) is 3.13. The third-order valence-corrected chi connectivity index (χ3v) is 5.91. The summed E-state index contributed by atoms with van der Waals surface area (Å²) < 4.78 is 6.00. The molecule has 1 nitrogen and oxygen atoms in total. The number of aryl methyl sites for hydroxylation is 1. The van der Waals surface area contributed by atoms with Crippen molar-refractivity contribution >= 4 is 11.3 Å². The summed E-state index contributed by atoms with van der Waals surface area (Å²) in [5.41, 5.74) is 5.21. The zero-order valence-corrected chi connectivity index (χ0v) is 17.5. The van der Waals surface area contributed by atoms with Gasteiger partial charge in [-0.05, 0) is 71.5 Å². The molecule has 0 bridgehead atoms. The zero-order valence-electron chi connectivity index (χ0n) is 16.7. The lowest BCUT2D eigenvalue weighted by Crippen LogP contribution is -1.99. The predicted molar refractivity (Wildman–Crippen MR) is 118 cm³/mol. The number of thiophene rings is 1. The Kier molecular flexibility index (Phi) is 7.11. The molecular formula is C25H30OS. The molecule has 0 aliphatic rings. The van der Waals surface area contributed by atoms with Gasteiger partial charge in [0.05, 0.1) is 0 Å². The van der Waals surface area contributed by atoms with Crippen molar-refractivity contribution in [2.45, 2.75) is 59.0 Å². The maximum Gasteiger partial charge on any atom is 0.119 e. The fraction of sp³-hybridized carbons (Fsp3) is 0.360. The van der Waals surface area contributed by atoms with Crippen molar-refractivity contribution in [1.29, 1.82) is 0 Å². The van der Waals surface area contributed by atoms with Gasteiger partial charge >= 0.3 is 0 Å². The molecule has 1 heterocycles. The Morgan fingerprint density at radius 2 is 1.52 bits per heavy atom. The molecular weight excluding hydrogens is 348 g/mol. The summed E-state index contributed by atoms with van der Waals surface area (Å²) in [6.45, 7) is 7.29. The van der Waals surface area contributed by atoms with Gasteiger partial charge < -0.3 is 4.74 Å². The Balaban J connectivity index is 1.58. The first-order valence-electron chi connectivity index (χ1n) is 10.1. The molecule has 0 amide bonds. The standard InChI is InChI=1S/C25H30OS/c1-4-6-21(7-5-2)22-12-14-25(15-13-22)26-17-20-8-10-23(11-9-20)24-16-19(3)27-18-24/h8-16,18,21H,4-7,17H2,1-3H3. The van der Waals surface area contributed by atoms with Crippen LogP contribution >= 0.6 is 11.3 Å². The Bertz CT molecular complexity index is 808. The fourth-order valence-corrected chi connectivity index (χ4v) is 4.28. The third kappa shape index (κ3) is 5.46. The lowest BCUT2D eigenvalue weighted by molar-refractivity contribution is 0.306. The molecule has 2 heteroatoms. The second-order valence-corrected chi connectivity index (χ2v) is 8.39. The largest absolute Gasteiger partial charge is 0.489 e. The van der Waals surface area contributed by atoms with Crippen molar-refractivity contribution < 1.29 is 4.74 Å². The van der Waals surface area contributed by atoms with Crippen molar-refractivity contribution in [2.75, 3.05) is 0 Å². The molecule has 142 valence electrons. The zero-order chi connectivity index (χ0) is 19.1. The predicted octanol–water partition coefficient (Wildman–Crippen LogP) is 7.99. The number of rotatable bonds is 9. The van der Waals surface area contributed by atoms with Gasteiger partial charge in [0.1, 0.15) is 12.4 Å². The fourth-order valence-electron chi connectivity index (χ4n) is 3.57. The third-order valence-electron chi connectivity index (χ3n) is 5.05. The molecule has 3 rings (SSSR count). The van der Waals surface area contributed by atoms with E-state index in [0.717, 1.165) is 5.75 Å². The number of hydrogen-bond acceptors (Lipinski definition) is 2. The Labute approximate surface area is 168 Å². The smallest absolute Gasteiger partial charge is 0.119 e. The van der Waals surface area contributed by atoms with E-state index in [-0.39, 0.29) is 0 Å². The van der Waals surface area contributed by atoms with E-state index < -0.39 is 0 Å². The minimum Gasteiger partial charge on any atom is -0.489 e. The highest BCUT2D eigenvalue weighted by atomic mass is 32.1. The van der Waals surface area contributed by atoms with Gasteiger partial charge in [0.15, 0.2) is 0 Å². The lowest BCUT2D eigenvalue weighted by Gasteiger charge is -2.16. The van der Waals surface area contributed by atoms with Crippen LogP contribution in [0.1, 0.15) is 61.5 Å².